The number of halogens is 3. The third-order valence-electron chi connectivity index (χ3n) is 2.30. The van der Waals surface area contributed by atoms with E-state index in [1.54, 1.807) is 13.0 Å². The SMILES string of the molecule is Cc1cc(S(=O)(=O)Nc2c(F)cccc2Br)sc1Br. The summed E-state index contributed by atoms with van der Waals surface area (Å²) in [6, 6.07) is 5.78. The fraction of sp³-hybridized carbons (Fsp3) is 0.0909. The van der Waals surface area contributed by atoms with Gasteiger partial charge in [0.15, 0.2) is 0 Å². The molecule has 1 heterocycles. The van der Waals surface area contributed by atoms with Gasteiger partial charge in [-0.05, 0) is 62.5 Å². The first-order valence-electron chi connectivity index (χ1n) is 5.04. The molecule has 0 spiro atoms. The van der Waals surface area contributed by atoms with Crippen LogP contribution in [0.25, 0.3) is 0 Å². The largest absolute Gasteiger partial charge is 0.275 e. The Morgan fingerprint density at radius 3 is 2.53 bits per heavy atom. The van der Waals surface area contributed by atoms with Crippen LogP contribution in [0.1, 0.15) is 5.56 Å². The van der Waals surface area contributed by atoms with Crippen molar-refractivity contribution in [1.29, 1.82) is 0 Å². The maximum Gasteiger partial charge on any atom is 0.271 e. The normalized spacial score (nSPS) is 11.6. The Kier molecular flexibility index (Phi) is 4.34. The highest BCUT2D eigenvalue weighted by Crippen LogP contribution is 2.33. The van der Waals surface area contributed by atoms with Gasteiger partial charge in [-0.15, -0.1) is 11.3 Å². The molecule has 0 saturated heterocycles. The monoisotopic (exact) mass is 427 g/mol. The van der Waals surface area contributed by atoms with Gasteiger partial charge in [-0.3, -0.25) is 4.72 Å². The van der Waals surface area contributed by atoms with Crippen LogP contribution in [-0.2, 0) is 10.0 Å². The lowest BCUT2D eigenvalue weighted by Gasteiger charge is -2.09. The molecule has 0 bridgehead atoms. The van der Waals surface area contributed by atoms with Gasteiger partial charge in [-0.25, -0.2) is 12.8 Å². The molecule has 0 saturated carbocycles. The van der Waals surface area contributed by atoms with Crippen LogP contribution in [-0.4, -0.2) is 8.42 Å². The molecule has 0 aliphatic rings. The fourth-order valence-electron chi connectivity index (χ4n) is 1.34. The third-order valence-corrected chi connectivity index (χ3v) is 6.92. The lowest BCUT2D eigenvalue weighted by Crippen LogP contribution is -2.13. The van der Waals surface area contributed by atoms with Crippen molar-refractivity contribution >= 4 is 58.9 Å². The van der Waals surface area contributed by atoms with Gasteiger partial charge in [0, 0.05) is 4.47 Å². The van der Waals surface area contributed by atoms with E-state index in [9.17, 15) is 12.8 Å². The number of hydrogen-bond donors (Lipinski definition) is 1. The lowest BCUT2D eigenvalue weighted by molar-refractivity contribution is 0.600. The topological polar surface area (TPSA) is 46.2 Å². The molecule has 0 unspecified atom stereocenters. The lowest BCUT2D eigenvalue weighted by atomic mass is 10.3. The standard InChI is InChI=1S/C11H8Br2FNO2S2/c1-6-5-9(18-11(6)13)19(16,17)15-10-7(12)3-2-4-8(10)14/h2-5,15H,1H3. The summed E-state index contributed by atoms with van der Waals surface area (Å²) in [5.41, 5.74) is 0.725. The Morgan fingerprint density at radius 2 is 2.00 bits per heavy atom. The predicted molar refractivity (Wildman–Crippen MR) is 81.7 cm³/mol. The summed E-state index contributed by atoms with van der Waals surface area (Å²) in [5, 5.41) is 0. The highest BCUT2D eigenvalue weighted by atomic mass is 79.9. The summed E-state index contributed by atoms with van der Waals surface area (Å²) >= 11 is 7.47. The van der Waals surface area contributed by atoms with Crippen LogP contribution in [0, 0.1) is 12.7 Å². The second-order valence-electron chi connectivity index (χ2n) is 3.72. The second kappa shape index (κ2) is 5.51. The van der Waals surface area contributed by atoms with E-state index in [0.717, 1.165) is 20.7 Å². The number of sulfonamides is 1. The highest BCUT2D eigenvalue weighted by molar-refractivity contribution is 9.11. The zero-order valence-electron chi connectivity index (χ0n) is 9.58. The number of para-hydroxylation sites is 1. The second-order valence-corrected chi connectivity index (χ2v) is 8.86. The molecule has 1 N–H and O–H groups in total. The molecule has 0 radical (unpaired) electrons. The quantitative estimate of drug-likeness (QED) is 0.780. The van der Waals surface area contributed by atoms with Crippen molar-refractivity contribution in [1.82, 2.24) is 0 Å². The summed E-state index contributed by atoms with van der Waals surface area (Å²) < 4.78 is 41.4. The Morgan fingerprint density at radius 1 is 1.32 bits per heavy atom. The Bertz CT molecular complexity index is 689. The van der Waals surface area contributed by atoms with Gasteiger partial charge in [0.25, 0.3) is 10.0 Å². The van der Waals surface area contributed by atoms with Gasteiger partial charge in [-0.1, -0.05) is 6.07 Å². The van der Waals surface area contributed by atoms with Gasteiger partial charge >= 0.3 is 0 Å². The van der Waals surface area contributed by atoms with E-state index in [4.69, 9.17) is 0 Å². The minimum Gasteiger partial charge on any atom is -0.275 e. The number of hydrogen-bond acceptors (Lipinski definition) is 3. The first kappa shape index (κ1) is 15.0. The number of nitrogens with one attached hydrogen (secondary N) is 1. The van der Waals surface area contributed by atoms with E-state index in [-0.39, 0.29) is 9.90 Å². The minimum absolute atomic E-state index is 0.0929. The summed E-state index contributed by atoms with van der Waals surface area (Å²) in [4.78, 5) is 0. The maximum absolute atomic E-state index is 13.6. The van der Waals surface area contributed by atoms with Gasteiger partial charge in [0.1, 0.15) is 10.0 Å². The molecular formula is C11H8Br2FNO2S2. The van der Waals surface area contributed by atoms with Crippen LogP contribution in [0.3, 0.4) is 0 Å². The molecule has 0 fully saturated rings. The third kappa shape index (κ3) is 3.18. The first-order valence-corrected chi connectivity index (χ1v) is 8.92. The van der Waals surface area contributed by atoms with E-state index in [1.165, 1.54) is 18.2 Å². The van der Waals surface area contributed by atoms with Crippen LogP contribution in [0.4, 0.5) is 10.1 Å². The number of aryl methyl sites for hydroxylation is 1. The number of thiophene rings is 1. The summed E-state index contributed by atoms with van der Waals surface area (Å²) in [5.74, 6) is -0.634. The molecule has 0 aliphatic heterocycles. The summed E-state index contributed by atoms with van der Waals surface area (Å²) in [6.07, 6.45) is 0. The van der Waals surface area contributed by atoms with Crippen molar-refractivity contribution in [3.8, 4) is 0 Å². The average molecular weight is 429 g/mol. The Balaban J connectivity index is 2.42. The van der Waals surface area contributed by atoms with Crippen molar-refractivity contribution in [3.63, 3.8) is 0 Å². The molecule has 2 aromatic rings. The van der Waals surface area contributed by atoms with Gasteiger partial charge in [-0.2, -0.15) is 0 Å². The van der Waals surface area contributed by atoms with Crippen molar-refractivity contribution in [2.24, 2.45) is 0 Å². The van der Waals surface area contributed by atoms with E-state index < -0.39 is 15.8 Å². The number of rotatable bonds is 3. The predicted octanol–water partition coefficient (Wildman–Crippen LogP) is 4.52. The van der Waals surface area contributed by atoms with Crippen molar-refractivity contribution < 1.29 is 12.8 Å². The smallest absolute Gasteiger partial charge is 0.271 e. The molecule has 0 atom stereocenters. The molecular weight excluding hydrogens is 421 g/mol. The Hall–Kier alpha value is -0.440. The van der Waals surface area contributed by atoms with Crippen molar-refractivity contribution in [3.05, 3.63) is 43.9 Å². The van der Waals surface area contributed by atoms with Crippen molar-refractivity contribution in [2.75, 3.05) is 4.72 Å². The van der Waals surface area contributed by atoms with Crippen LogP contribution in [0.5, 0.6) is 0 Å². The molecule has 3 nitrogen and oxygen atoms in total. The van der Waals surface area contributed by atoms with Crippen molar-refractivity contribution in [2.45, 2.75) is 11.1 Å². The molecule has 1 aromatic heterocycles. The van der Waals surface area contributed by atoms with Gasteiger partial charge in [0.2, 0.25) is 0 Å². The van der Waals surface area contributed by atoms with Gasteiger partial charge in [0.05, 0.1) is 9.47 Å². The molecule has 0 amide bonds. The zero-order chi connectivity index (χ0) is 14.2. The van der Waals surface area contributed by atoms with E-state index in [1.807, 2.05) is 0 Å². The van der Waals surface area contributed by atoms with Crippen LogP contribution >= 0.6 is 43.2 Å². The molecule has 0 aliphatic carbocycles. The van der Waals surface area contributed by atoms with Crippen LogP contribution in [0.2, 0.25) is 0 Å². The minimum atomic E-state index is -3.79. The number of anilines is 1. The maximum atomic E-state index is 13.6. The molecule has 2 rings (SSSR count). The summed E-state index contributed by atoms with van der Waals surface area (Å²) in [7, 11) is -3.79. The van der Waals surface area contributed by atoms with E-state index in [2.05, 4.69) is 36.6 Å². The summed E-state index contributed by atoms with van der Waals surface area (Å²) in [6.45, 7) is 1.79. The average Bonchev–Trinajstić information content (AvgIpc) is 2.66. The van der Waals surface area contributed by atoms with E-state index in [0.29, 0.717) is 4.47 Å². The fourth-order valence-corrected chi connectivity index (χ4v) is 5.23. The Labute approximate surface area is 131 Å². The zero-order valence-corrected chi connectivity index (χ0v) is 14.4. The molecule has 19 heavy (non-hydrogen) atoms. The highest BCUT2D eigenvalue weighted by Gasteiger charge is 2.21. The molecule has 8 heteroatoms. The first-order chi connectivity index (χ1) is 8.81. The van der Waals surface area contributed by atoms with Crippen LogP contribution in [0.15, 0.2) is 36.7 Å². The van der Waals surface area contributed by atoms with E-state index >= 15 is 0 Å². The number of benzene rings is 1. The molecule has 1 aromatic carbocycles. The molecule has 102 valence electrons. The van der Waals surface area contributed by atoms with Crippen LogP contribution < -0.4 is 4.72 Å². The van der Waals surface area contributed by atoms with Gasteiger partial charge < -0.3 is 0 Å².